The van der Waals surface area contributed by atoms with E-state index >= 15 is 0 Å². The third-order valence-corrected chi connectivity index (χ3v) is 5.54. The molecule has 4 fully saturated rings. The molecule has 4 aliphatic rings. The smallest absolute Gasteiger partial charge is 0.258 e. The minimum atomic E-state index is -0.589. The summed E-state index contributed by atoms with van der Waals surface area (Å²) in [5.41, 5.74) is 5.45. The van der Waals surface area contributed by atoms with Crippen LogP contribution in [-0.2, 0) is 9.59 Å². The Morgan fingerprint density at radius 2 is 2.00 bits per heavy atom. The van der Waals surface area contributed by atoms with E-state index in [1.54, 1.807) is 0 Å². The van der Waals surface area contributed by atoms with Crippen LogP contribution in [0.2, 0.25) is 5.02 Å². The van der Waals surface area contributed by atoms with Crippen LogP contribution in [-0.4, -0.2) is 42.1 Å². The molecule has 2 amide bonds. The van der Waals surface area contributed by atoms with Gasteiger partial charge in [-0.3, -0.25) is 15.0 Å². The van der Waals surface area contributed by atoms with Gasteiger partial charge in [0.1, 0.15) is 17.6 Å². The van der Waals surface area contributed by atoms with E-state index in [0.29, 0.717) is 0 Å². The number of carbonyl (C=O) groups is 2. The lowest BCUT2D eigenvalue weighted by atomic mass is 9.44. The average Bonchev–Trinajstić information content (AvgIpc) is 3.07. The second-order valence-electron chi connectivity index (χ2n) is 7.41. The number of rotatable bonds is 6. The van der Waals surface area contributed by atoms with E-state index in [9.17, 15) is 14.0 Å². The maximum Gasteiger partial charge on any atom is 0.258 e. The second-order valence-corrected chi connectivity index (χ2v) is 7.81. The van der Waals surface area contributed by atoms with Crippen LogP contribution in [0.4, 0.5) is 4.39 Å². The van der Waals surface area contributed by atoms with Gasteiger partial charge in [0.2, 0.25) is 5.91 Å². The molecule has 4 N–H and O–H groups in total. The van der Waals surface area contributed by atoms with Gasteiger partial charge in [0.15, 0.2) is 6.61 Å². The first-order valence-electron chi connectivity index (χ1n) is 8.58. The minimum Gasteiger partial charge on any atom is -0.484 e. The molecule has 3 saturated carbocycles. The van der Waals surface area contributed by atoms with Gasteiger partial charge in [-0.25, -0.2) is 9.82 Å². The van der Waals surface area contributed by atoms with Gasteiger partial charge in [0.25, 0.3) is 5.91 Å². The Labute approximate surface area is 155 Å². The molecule has 3 aliphatic carbocycles. The number of hydrogen-bond donors (Lipinski definition) is 4. The molecule has 140 valence electrons. The van der Waals surface area contributed by atoms with Crippen molar-refractivity contribution in [1.29, 1.82) is 0 Å². The molecule has 7 nitrogen and oxygen atoms in total. The number of benzene rings is 1. The number of hydrogen-bond acceptors (Lipinski definition) is 5. The van der Waals surface area contributed by atoms with Gasteiger partial charge < -0.3 is 15.4 Å². The Morgan fingerprint density at radius 1 is 1.27 bits per heavy atom. The lowest BCUT2D eigenvalue weighted by molar-refractivity contribution is -0.151. The van der Waals surface area contributed by atoms with E-state index in [1.165, 1.54) is 12.1 Å². The van der Waals surface area contributed by atoms with Crippen LogP contribution < -0.4 is 26.2 Å². The fraction of sp³-hybridized carbons (Fsp3) is 0.529. The third-order valence-electron chi connectivity index (χ3n) is 5.24. The highest BCUT2D eigenvalue weighted by Gasteiger charge is 2.69. The summed E-state index contributed by atoms with van der Waals surface area (Å²) in [6, 6.07) is 3.85. The van der Waals surface area contributed by atoms with E-state index in [2.05, 4.69) is 21.5 Å². The summed E-state index contributed by atoms with van der Waals surface area (Å²) >= 11 is 5.61. The summed E-state index contributed by atoms with van der Waals surface area (Å²) in [5.74, 6) is -0.598. The van der Waals surface area contributed by atoms with Crippen molar-refractivity contribution in [3.8, 4) is 5.75 Å². The Balaban J connectivity index is 1.21. The molecule has 1 heterocycles. The number of hydrazine groups is 1. The van der Waals surface area contributed by atoms with Crippen molar-refractivity contribution in [2.24, 2.45) is 0 Å². The quantitative estimate of drug-likeness (QED) is 0.579. The van der Waals surface area contributed by atoms with Gasteiger partial charge in [0, 0.05) is 23.7 Å². The first-order chi connectivity index (χ1) is 12.4. The fourth-order valence-corrected chi connectivity index (χ4v) is 4.25. The zero-order valence-electron chi connectivity index (χ0n) is 14.0. The van der Waals surface area contributed by atoms with Crippen molar-refractivity contribution in [1.82, 2.24) is 21.5 Å². The lowest BCUT2D eigenvalue weighted by Gasteiger charge is -2.70. The Morgan fingerprint density at radius 3 is 2.65 bits per heavy atom. The van der Waals surface area contributed by atoms with Crippen LogP contribution in [0.15, 0.2) is 18.2 Å². The van der Waals surface area contributed by atoms with Gasteiger partial charge in [0.05, 0.1) is 5.02 Å². The van der Waals surface area contributed by atoms with Crippen LogP contribution in [0.5, 0.6) is 5.75 Å². The molecule has 9 heteroatoms. The predicted octanol–water partition coefficient (Wildman–Crippen LogP) is 0.632. The minimum absolute atomic E-state index is 0.00252. The van der Waals surface area contributed by atoms with Crippen molar-refractivity contribution in [2.75, 3.05) is 13.2 Å². The number of halogens is 2. The van der Waals surface area contributed by atoms with E-state index in [-0.39, 0.29) is 46.3 Å². The predicted molar refractivity (Wildman–Crippen MR) is 92.0 cm³/mol. The molecule has 0 radical (unpaired) electrons. The Bertz CT molecular complexity index is 734. The van der Waals surface area contributed by atoms with Crippen molar-refractivity contribution >= 4 is 23.4 Å². The standard InChI is InChI=1S/C17H20ClFN4O3/c18-11-2-1-10(5-12(11)19)26-6-14(24)21-16-7-17(8-16,9-16)22-15(25)13-3-4-20-23-13/h1-2,5,13,20,23H,3-4,6-9H2,(H,21,24)(H,22,25). The van der Waals surface area contributed by atoms with Crippen LogP contribution in [0.25, 0.3) is 0 Å². The van der Waals surface area contributed by atoms with Crippen LogP contribution >= 0.6 is 11.6 Å². The summed E-state index contributed by atoms with van der Waals surface area (Å²) < 4.78 is 18.6. The molecule has 1 unspecified atom stereocenters. The molecule has 1 aliphatic heterocycles. The third kappa shape index (κ3) is 3.24. The maximum absolute atomic E-state index is 13.3. The second kappa shape index (κ2) is 6.37. The van der Waals surface area contributed by atoms with Crippen LogP contribution in [0.1, 0.15) is 25.7 Å². The SMILES string of the molecule is O=C(COc1ccc(Cl)c(F)c1)NC12CC(NC(=O)C3CCNN3)(C1)C2. The zero-order valence-corrected chi connectivity index (χ0v) is 14.8. The lowest BCUT2D eigenvalue weighted by Crippen LogP contribution is -2.84. The topological polar surface area (TPSA) is 91.5 Å². The summed E-state index contributed by atoms with van der Waals surface area (Å²) in [6.07, 6.45) is 2.96. The Kier molecular flexibility index (Phi) is 4.29. The van der Waals surface area contributed by atoms with E-state index < -0.39 is 5.82 Å². The van der Waals surface area contributed by atoms with Crippen molar-refractivity contribution in [3.05, 3.63) is 29.0 Å². The summed E-state index contributed by atoms with van der Waals surface area (Å²) in [5, 5.41) is 6.06. The van der Waals surface area contributed by atoms with Crippen LogP contribution in [0.3, 0.4) is 0 Å². The fourth-order valence-electron chi connectivity index (χ4n) is 4.13. The largest absolute Gasteiger partial charge is 0.484 e. The highest BCUT2D eigenvalue weighted by Crippen LogP contribution is 2.60. The molecule has 0 aromatic heterocycles. The van der Waals surface area contributed by atoms with E-state index in [0.717, 1.165) is 38.3 Å². The monoisotopic (exact) mass is 382 g/mol. The summed E-state index contributed by atoms with van der Waals surface area (Å²) in [7, 11) is 0. The Hall–Kier alpha value is -1.90. The number of amides is 2. The van der Waals surface area contributed by atoms with Crippen molar-refractivity contribution in [3.63, 3.8) is 0 Å². The van der Waals surface area contributed by atoms with Gasteiger partial charge >= 0.3 is 0 Å². The van der Waals surface area contributed by atoms with Crippen molar-refractivity contribution in [2.45, 2.75) is 42.8 Å². The number of nitrogens with one attached hydrogen (secondary N) is 4. The molecule has 1 aromatic rings. The highest BCUT2D eigenvalue weighted by molar-refractivity contribution is 6.30. The molecule has 0 spiro atoms. The molecular weight excluding hydrogens is 363 g/mol. The first kappa shape index (κ1) is 17.5. The highest BCUT2D eigenvalue weighted by atomic mass is 35.5. The maximum atomic E-state index is 13.3. The number of ether oxygens (including phenoxy) is 1. The number of carbonyl (C=O) groups excluding carboxylic acids is 2. The zero-order chi connectivity index (χ0) is 18.4. The van der Waals surface area contributed by atoms with E-state index in [4.69, 9.17) is 16.3 Å². The molecule has 1 saturated heterocycles. The normalized spacial score (nSPS) is 31.5. The average molecular weight is 383 g/mol. The van der Waals surface area contributed by atoms with Crippen LogP contribution in [0, 0.1) is 5.82 Å². The molecular formula is C17H20ClFN4O3. The summed E-state index contributed by atoms with van der Waals surface area (Å²) in [6.45, 7) is 0.586. The molecule has 1 atom stereocenters. The molecule has 2 bridgehead atoms. The molecule has 26 heavy (non-hydrogen) atoms. The first-order valence-corrected chi connectivity index (χ1v) is 8.96. The summed E-state index contributed by atoms with van der Waals surface area (Å²) in [4.78, 5) is 24.2. The van der Waals surface area contributed by atoms with Gasteiger partial charge in [-0.2, -0.15) is 0 Å². The van der Waals surface area contributed by atoms with Gasteiger partial charge in [-0.1, -0.05) is 11.6 Å². The van der Waals surface area contributed by atoms with E-state index in [1.807, 2.05) is 0 Å². The molecule has 1 aromatic carbocycles. The van der Waals surface area contributed by atoms with Gasteiger partial charge in [-0.15, -0.1) is 0 Å². The van der Waals surface area contributed by atoms with Crippen molar-refractivity contribution < 1.29 is 18.7 Å². The van der Waals surface area contributed by atoms with Gasteiger partial charge in [-0.05, 0) is 37.8 Å². The molecule has 5 rings (SSSR count).